The summed E-state index contributed by atoms with van der Waals surface area (Å²) in [5.74, 6) is -0.533. The lowest BCUT2D eigenvalue weighted by Gasteiger charge is -2.07. The Hall–Kier alpha value is -2.86. The second-order valence-corrected chi connectivity index (χ2v) is 5.91. The van der Waals surface area contributed by atoms with Crippen molar-refractivity contribution in [1.29, 1.82) is 0 Å². The normalized spacial score (nSPS) is 10.8. The number of benzene rings is 2. The zero-order valence-electron chi connectivity index (χ0n) is 12.8. The molecule has 6 nitrogen and oxygen atoms in total. The van der Waals surface area contributed by atoms with Crippen molar-refractivity contribution in [2.45, 2.75) is 13.5 Å². The summed E-state index contributed by atoms with van der Waals surface area (Å²) >= 11 is 5.84. The summed E-state index contributed by atoms with van der Waals surface area (Å²) in [5.41, 5.74) is 2.66. The number of aromatic amines is 1. The van der Waals surface area contributed by atoms with Crippen LogP contribution in [-0.4, -0.2) is 15.8 Å². The molecule has 2 N–H and O–H groups in total. The molecule has 0 aliphatic rings. The molecular weight excluding hydrogens is 330 g/mol. The highest BCUT2D eigenvalue weighted by molar-refractivity contribution is 6.31. The Morgan fingerprint density at radius 1 is 1.25 bits per heavy atom. The third-order valence-electron chi connectivity index (χ3n) is 3.67. The first-order valence-corrected chi connectivity index (χ1v) is 7.62. The second kappa shape index (κ2) is 6.33. The van der Waals surface area contributed by atoms with Gasteiger partial charge in [0.1, 0.15) is 5.56 Å². The lowest BCUT2D eigenvalue weighted by molar-refractivity contribution is -0.385. The van der Waals surface area contributed by atoms with E-state index >= 15 is 0 Å². The standard InChI is InChI=1S/C17H14ClN3O3/c1-10-6-12-7-11(2-4-15(12)20-10)9-19-17(22)14-8-13(18)3-5-16(14)21(23)24/h2-8,20H,9H2,1H3,(H,19,22). The first-order valence-electron chi connectivity index (χ1n) is 7.24. The van der Waals surface area contributed by atoms with Crippen LogP contribution < -0.4 is 5.32 Å². The summed E-state index contributed by atoms with van der Waals surface area (Å²) < 4.78 is 0. The monoisotopic (exact) mass is 343 g/mol. The van der Waals surface area contributed by atoms with E-state index in [9.17, 15) is 14.9 Å². The Bertz CT molecular complexity index is 949. The molecule has 7 heteroatoms. The fraction of sp³-hybridized carbons (Fsp3) is 0.118. The molecule has 1 heterocycles. The lowest BCUT2D eigenvalue weighted by atomic mass is 10.1. The van der Waals surface area contributed by atoms with E-state index in [1.165, 1.54) is 18.2 Å². The maximum Gasteiger partial charge on any atom is 0.282 e. The average Bonchev–Trinajstić information content (AvgIpc) is 2.91. The van der Waals surface area contributed by atoms with Crippen LogP contribution >= 0.6 is 11.6 Å². The highest BCUT2D eigenvalue weighted by Gasteiger charge is 2.20. The summed E-state index contributed by atoms with van der Waals surface area (Å²) in [6.07, 6.45) is 0. The molecule has 0 bridgehead atoms. The van der Waals surface area contributed by atoms with Crippen LogP contribution in [0, 0.1) is 17.0 Å². The van der Waals surface area contributed by atoms with Crippen molar-refractivity contribution in [2.24, 2.45) is 0 Å². The predicted octanol–water partition coefficient (Wildman–Crippen LogP) is 3.97. The maximum absolute atomic E-state index is 12.3. The molecule has 0 radical (unpaired) electrons. The topological polar surface area (TPSA) is 88.0 Å². The van der Waals surface area contributed by atoms with Crippen molar-refractivity contribution in [2.75, 3.05) is 0 Å². The molecule has 0 unspecified atom stereocenters. The largest absolute Gasteiger partial charge is 0.359 e. The third kappa shape index (κ3) is 3.23. The van der Waals surface area contributed by atoms with Gasteiger partial charge < -0.3 is 10.3 Å². The van der Waals surface area contributed by atoms with E-state index in [-0.39, 0.29) is 22.8 Å². The number of rotatable bonds is 4. The fourth-order valence-electron chi connectivity index (χ4n) is 2.56. The number of nitrogens with one attached hydrogen (secondary N) is 2. The number of carbonyl (C=O) groups is 1. The Morgan fingerprint density at radius 3 is 2.79 bits per heavy atom. The predicted molar refractivity (Wildman–Crippen MR) is 92.3 cm³/mol. The van der Waals surface area contributed by atoms with E-state index < -0.39 is 10.8 Å². The van der Waals surface area contributed by atoms with Crippen LogP contribution in [0.2, 0.25) is 5.02 Å². The van der Waals surface area contributed by atoms with Crippen LogP contribution in [0.3, 0.4) is 0 Å². The number of H-pyrrole nitrogens is 1. The summed E-state index contributed by atoms with van der Waals surface area (Å²) in [6.45, 7) is 2.24. The number of nitro benzene ring substituents is 1. The number of halogens is 1. The molecule has 0 aliphatic carbocycles. The molecule has 0 spiro atoms. The molecule has 0 saturated heterocycles. The van der Waals surface area contributed by atoms with E-state index in [0.717, 1.165) is 22.2 Å². The van der Waals surface area contributed by atoms with Crippen LogP contribution in [0.15, 0.2) is 42.5 Å². The molecule has 2 aromatic carbocycles. The number of hydrogen-bond acceptors (Lipinski definition) is 3. The van der Waals surface area contributed by atoms with E-state index in [0.29, 0.717) is 0 Å². The maximum atomic E-state index is 12.3. The molecule has 0 fully saturated rings. The van der Waals surface area contributed by atoms with Gasteiger partial charge in [0.2, 0.25) is 0 Å². The SMILES string of the molecule is Cc1cc2cc(CNC(=O)c3cc(Cl)ccc3[N+](=O)[O-])ccc2[nH]1. The summed E-state index contributed by atoms with van der Waals surface area (Å²) in [6, 6.07) is 11.7. The Labute approximate surface area is 142 Å². The van der Waals surface area contributed by atoms with E-state index in [1.807, 2.05) is 31.2 Å². The Kier molecular flexibility index (Phi) is 4.22. The number of nitrogens with zero attached hydrogens (tertiary/aromatic N) is 1. The van der Waals surface area contributed by atoms with Gasteiger partial charge in [-0.05, 0) is 48.2 Å². The molecule has 3 rings (SSSR count). The van der Waals surface area contributed by atoms with Gasteiger partial charge in [-0.15, -0.1) is 0 Å². The first kappa shape index (κ1) is 16.0. The van der Waals surface area contributed by atoms with Gasteiger partial charge in [0.15, 0.2) is 0 Å². The number of aromatic nitrogens is 1. The van der Waals surface area contributed by atoms with Crippen molar-refractivity contribution >= 4 is 34.1 Å². The lowest BCUT2D eigenvalue weighted by Crippen LogP contribution is -2.23. The molecular formula is C17H14ClN3O3. The molecule has 0 atom stereocenters. The van der Waals surface area contributed by atoms with Crippen molar-refractivity contribution in [1.82, 2.24) is 10.3 Å². The second-order valence-electron chi connectivity index (χ2n) is 5.48. The van der Waals surface area contributed by atoms with Gasteiger partial charge in [-0.3, -0.25) is 14.9 Å². The number of fused-ring (bicyclic) bond motifs is 1. The fourth-order valence-corrected chi connectivity index (χ4v) is 2.74. The van der Waals surface area contributed by atoms with Crippen molar-refractivity contribution in [3.05, 3.63) is 74.4 Å². The van der Waals surface area contributed by atoms with Crippen LogP contribution in [0.25, 0.3) is 10.9 Å². The van der Waals surface area contributed by atoms with Crippen LogP contribution in [0.5, 0.6) is 0 Å². The molecule has 122 valence electrons. The molecule has 1 aromatic heterocycles. The minimum atomic E-state index is -0.597. The van der Waals surface area contributed by atoms with Crippen molar-refractivity contribution in [3.63, 3.8) is 0 Å². The highest BCUT2D eigenvalue weighted by Crippen LogP contribution is 2.23. The van der Waals surface area contributed by atoms with Gasteiger partial charge >= 0.3 is 0 Å². The molecule has 0 aliphatic heterocycles. The van der Waals surface area contributed by atoms with Crippen molar-refractivity contribution < 1.29 is 9.72 Å². The van der Waals surface area contributed by atoms with Gasteiger partial charge in [-0.25, -0.2) is 0 Å². The Balaban J connectivity index is 1.79. The molecule has 0 saturated carbocycles. The van der Waals surface area contributed by atoms with Gasteiger partial charge in [0.25, 0.3) is 11.6 Å². The third-order valence-corrected chi connectivity index (χ3v) is 3.91. The van der Waals surface area contributed by atoms with Crippen LogP contribution in [-0.2, 0) is 6.54 Å². The van der Waals surface area contributed by atoms with E-state index in [1.54, 1.807) is 0 Å². The first-order chi connectivity index (χ1) is 11.4. The highest BCUT2D eigenvalue weighted by atomic mass is 35.5. The summed E-state index contributed by atoms with van der Waals surface area (Å²) in [7, 11) is 0. The van der Waals surface area contributed by atoms with Gasteiger partial charge in [0.05, 0.1) is 4.92 Å². The zero-order valence-corrected chi connectivity index (χ0v) is 13.6. The van der Waals surface area contributed by atoms with E-state index in [2.05, 4.69) is 10.3 Å². The number of carbonyl (C=O) groups excluding carboxylic acids is 1. The van der Waals surface area contributed by atoms with Gasteiger partial charge in [0, 0.05) is 28.8 Å². The smallest absolute Gasteiger partial charge is 0.282 e. The van der Waals surface area contributed by atoms with Crippen molar-refractivity contribution in [3.8, 4) is 0 Å². The molecule has 24 heavy (non-hydrogen) atoms. The minimum absolute atomic E-state index is 0.0499. The Morgan fingerprint density at radius 2 is 2.04 bits per heavy atom. The number of aryl methyl sites for hydroxylation is 1. The summed E-state index contributed by atoms with van der Waals surface area (Å²) in [4.78, 5) is 26.0. The quantitative estimate of drug-likeness (QED) is 0.555. The van der Waals surface area contributed by atoms with Crippen LogP contribution in [0.1, 0.15) is 21.6 Å². The van der Waals surface area contributed by atoms with E-state index in [4.69, 9.17) is 11.6 Å². The summed E-state index contributed by atoms with van der Waals surface area (Å²) in [5, 5.41) is 15.1. The number of nitro groups is 1. The number of hydrogen-bond donors (Lipinski definition) is 2. The number of amides is 1. The van der Waals surface area contributed by atoms with Gasteiger partial charge in [-0.2, -0.15) is 0 Å². The minimum Gasteiger partial charge on any atom is -0.359 e. The molecule has 3 aromatic rings. The average molecular weight is 344 g/mol. The van der Waals surface area contributed by atoms with Crippen LogP contribution in [0.4, 0.5) is 5.69 Å². The molecule has 1 amide bonds. The van der Waals surface area contributed by atoms with Gasteiger partial charge in [-0.1, -0.05) is 17.7 Å². The zero-order chi connectivity index (χ0) is 17.3.